The number of hydrogen-bond donors (Lipinski definition) is 1. The molecule has 0 radical (unpaired) electrons. The Bertz CT molecular complexity index is 1130. The van der Waals surface area contributed by atoms with E-state index in [-0.39, 0.29) is 18.0 Å². The molecule has 0 fully saturated rings. The quantitative estimate of drug-likeness (QED) is 0.435. The zero-order valence-electron chi connectivity index (χ0n) is 16.8. The number of nitrogens with zero attached hydrogens (tertiary/aromatic N) is 1. The number of halogens is 1. The lowest BCUT2D eigenvalue weighted by Crippen LogP contribution is -2.14. The minimum absolute atomic E-state index is 0.00401. The molecule has 0 aliphatic rings. The molecule has 0 unspecified atom stereocenters. The number of hydrogen-bond acceptors (Lipinski definition) is 3. The monoisotopic (exact) mass is 400 g/mol. The number of carbonyl (C=O) groups is 1. The number of benzene rings is 3. The Balaban J connectivity index is 1.67. The van der Waals surface area contributed by atoms with E-state index in [9.17, 15) is 14.4 Å². The summed E-state index contributed by atoms with van der Waals surface area (Å²) in [7, 11) is 0. The fourth-order valence-electron chi connectivity index (χ4n) is 2.83. The summed E-state index contributed by atoms with van der Waals surface area (Å²) in [4.78, 5) is 12.5. The van der Waals surface area contributed by atoms with Gasteiger partial charge in [-0.15, -0.1) is 0 Å². The third-order valence-corrected chi connectivity index (χ3v) is 4.49. The largest absolute Gasteiger partial charge is 0.489 e. The Kier molecular flexibility index (Phi) is 6.61. The molecule has 0 spiro atoms. The maximum Gasteiger partial charge on any atom is 0.266 e. The standard InChI is InChI=1S/C25H21FN2O2/c1-17-6-7-18(2)24(12-17)28-25(29)21(15-27)13-19-8-10-23(11-9-19)30-16-20-4-3-5-22(26)14-20/h3-14H,16H2,1-2H3,(H,28,29)/b21-13+. The van der Waals surface area contributed by atoms with Crippen LogP contribution in [-0.4, -0.2) is 5.91 Å². The number of ether oxygens (including phenoxy) is 1. The third kappa shape index (κ3) is 5.55. The van der Waals surface area contributed by atoms with Crippen LogP contribution in [0.2, 0.25) is 0 Å². The zero-order valence-corrected chi connectivity index (χ0v) is 16.8. The summed E-state index contributed by atoms with van der Waals surface area (Å²) in [6.45, 7) is 4.08. The molecule has 1 N–H and O–H groups in total. The van der Waals surface area contributed by atoms with E-state index in [1.54, 1.807) is 36.4 Å². The second kappa shape index (κ2) is 9.53. The molecule has 0 bridgehead atoms. The number of carbonyl (C=O) groups excluding carboxylic acids is 1. The summed E-state index contributed by atoms with van der Waals surface area (Å²) < 4.78 is 18.9. The first-order chi connectivity index (χ1) is 14.4. The summed E-state index contributed by atoms with van der Waals surface area (Å²) in [5.41, 5.74) is 4.06. The van der Waals surface area contributed by atoms with Gasteiger partial charge in [-0.05, 0) is 72.5 Å². The lowest BCUT2D eigenvalue weighted by molar-refractivity contribution is -0.112. The summed E-state index contributed by atoms with van der Waals surface area (Å²) in [5.74, 6) is -0.160. The molecule has 150 valence electrons. The van der Waals surface area contributed by atoms with Crippen LogP contribution in [-0.2, 0) is 11.4 Å². The molecule has 5 heteroatoms. The number of nitriles is 1. The van der Waals surface area contributed by atoms with E-state index in [0.29, 0.717) is 17.0 Å². The van der Waals surface area contributed by atoms with Crippen LogP contribution >= 0.6 is 0 Å². The molecule has 30 heavy (non-hydrogen) atoms. The summed E-state index contributed by atoms with van der Waals surface area (Å²) >= 11 is 0. The van der Waals surface area contributed by atoms with Crippen LogP contribution in [0.1, 0.15) is 22.3 Å². The topological polar surface area (TPSA) is 62.1 Å². The number of amides is 1. The molecule has 0 aromatic heterocycles. The zero-order chi connectivity index (χ0) is 21.5. The van der Waals surface area contributed by atoms with Gasteiger partial charge in [0, 0.05) is 5.69 Å². The van der Waals surface area contributed by atoms with Crippen LogP contribution < -0.4 is 10.1 Å². The first-order valence-electron chi connectivity index (χ1n) is 9.42. The van der Waals surface area contributed by atoms with Crippen molar-refractivity contribution in [2.75, 3.05) is 5.32 Å². The maximum atomic E-state index is 13.2. The van der Waals surface area contributed by atoms with Gasteiger partial charge in [0.1, 0.15) is 29.8 Å². The van der Waals surface area contributed by atoms with Gasteiger partial charge in [-0.25, -0.2) is 4.39 Å². The predicted octanol–water partition coefficient (Wildman–Crippen LogP) is 5.57. The Hall–Kier alpha value is -3.91. The maximum absolute atomic E-state index is 13.2. The molecule has 0 aliphatic carbocycles. The first-order valence-corrected chi connectivity index (χ1v) is 9.42. The van der Waals surface area contributed by atoms with Crippen LogP contribution in [0.5, 0.6) is 5.75 Å². The number of nitrogens with one attached hydrogen (secondary N) is 1. The molecular formula is C25H21FN2O2. The molecule has 4 nitrogen and oxygen atoms in total. The van der Waals surface area contributed by atoms with E-state index in [0.717, 1.165) is 16.7 Å². The second-order valence-corrected chi connectivity index (χ2v) is 6.93. The van der Waals surface area contributed by atoms with Crippen LogP contribution in [0.3, 0.4) is 0 Å². The molecule has 3 aromatic rings. The van der Waals surface area contributed by atoms with E-state index >= 15 is 0 Å². The highest BCUT2D eigenvalue weighted by Gasteiger charge is 2.11. The van der Waals surface area contributed by atoms with Crippen molar-refractivity contribution in [3.63, 3.8) is 0 Å². The average Bonchev–Trinajstić information content (AvgIpc) is 2.74. The molecule has 1 amide bonds. The molecule has 0 atom stereocenters. The van der Waals surface area contributed by atoms with Gasteiger partial charge in [0.2, 0.25) is 0 Å². The van der Waals surface area contributed by atoms with Crippen molar-refractivity contribution in [1.29, 1.82) is 5.26 Å². The molecule has 0 saturated heterocycles. The van der Waals surface area contributed by atoms with Gasteiger partial charge in [0.05, 0.1) is 0 Å². The highest BCUT2D eigenvalue weighted by atomic mass is 19.1. The van der Waals surface area contributed by atoms with Crippen molar-refractivity contribution in [3.05, 3.63) is 100 Å². The van der Waals surface area contributed by atoms with Gasteiger partial charge < -0.3 is 10.1 Å². The predicted molar refractivity (Wildman–Crippen MR) is 115 cm³/mol. The van der Waals surface area contributed by atoms with Gasteiger partial charge in [-0.2, -0.15) is 5.26 Å². The van der Waals surface area contributed by atoms with Crippen LogP contribution in [0.25, 0.3) is 6.08 Å². The lowest BCUT2D eigenvalue weighted by Gasteiger charge is -2.09. The fraction of sp³-hybridized carbons (Fsp3) is 0.120. The third-order valence-electron chi connectivity index (χ3n) is 4.49. The van der Waals surface area contributed by atoms with Crippen LogP contribution in [0, 0.1) is 31.0 Å². The fourth-order valence-corrected chi connectivity index (χ4v) is 2.83. The van der Waals surface area contributed by atoms with Crippen molar-refractivity contribution in [1.82, 2.24) is 0 Å². The van der Waals surface area contributed by atoms with Crippen molar-refractivity contribution in [2.24, 2.45) is 0 Å². The number of anilines is 1. The van der Waals surface area contributed by atoms with Gasteiger partial charge in [-0.3, -0.25) is 4.79 Å². The highest BCUT2D eigenvalue weighted by Crippen LogP contribution is 2.19. The van der Waals surface area contributed by atoms with Gasteiger partial charge in [0.15, 0.2) is 0 Å². The first kappa shape index (κ1) is 20.8. The second-order valence-electron chi connectivity index (χ2n) is 6.93. The highest BCUT2D eigenvalue weighted by molar-refractivity contribution is 6.10. The van der Waals surface area contributed by atoms with E-state index < -0.39 is 5.91 Å². The minimum atomic E-state index is -0.461. The summed E-state index contributed by atoms with van der Waals surface area (Å²) in [6.07, 6.45) is 1.52. The van der Waals surface area contributed by atoms with Crippen LogP contribution in [0.15, 0.2) is 72.3 Å². The molecule has 0 saturated carbocycles. The van der Waals surface area contributed by atoms with Gasteiger partial charge in [-0.1, -0.05) is 36.4 Å². The Morgan fingerprint density at radius 2 is 1.87 bits per heavy atom. The SMILES string of the molecule is Cc1ccc(C)c(NC(=O)/C(C#N)=C/c2ccc(OCc3cccc(F)c3)cc2)c1. The van der Waals surface area contributed by atoms with E-state index in [1.807, 2.05) is 38.1 Å². The van der Waals surface area contributed by atoms with E-state index in [2.05, 4.69) is 5.32 Å². The summed E-state index contributed by atoms with van der Waals surface area (Å²) in [5, 5.41) is 12.2. The number of rotatable bonds is 6. The summed E-state index contributed by atoms with van der Waals surface area (Å²) in [6, 6.07) is 20.9. The number of aryl methyl sites for hydroxylation is 2. The molecule has 0 heterocycles. The molecule has 0 aliphatic heterocycles. The normalized spacial score (nSPS) is 10.9. The van der Waals surface area contributed by atoms with Crippen molar-refractivity contribution in [3.8, 4) is 11.8 Å². The Labute approximate surface area is 175 Å². The minimum Gasteiger partial charge on any atom is -0.489 e. The van der Waals surface area contributed by atoms with E-state index in [4.69, 9.17) is 4.74 Å². The smallest absolute Gasteiger partial charge is 0.266 e. The molecule has 3 aromatic carbocycles. The lowest BCUT2D eigenvalue weighted by atomic mass is 10.1. The average molecular weight is 400 g/mol. The molecular weight excluding hydrogens is 379 g/mol. The van der Waals surface area contributed by atoms with Crippen LogP contribution in [0.4, 0.5) is 10.1 Å². The Morgan fingerprint density at radius 1 is 1.10 bits per heavy atom. The van der Waals surface area contributed by atoms with Crippen molar-refractivity contribution >= 4 is 17.7 Å². The van der Waals surface area contributed by atoms with Gasteiger partial charge >= 0.3 is 0 Å². The van der Waals surface area contributed by atoms with E-state index in [1.165, 1.54) is 18.2 Å². The molecule has 3 rings (SSSR count). The van der Waals surface area contributed by atoms with Crippen molar-refractivity contribution in [2.45, 2.75) is 20.5 Å². The van der Waals surface area contributed by atoms with Crippen molar-refractivity contribution < 1.29 is 13.9 Å². The van der Waals surface area contributed by atoms with Gasteiger partial charge in [0.25, 0.3) is 5.91 Å². The Morgan fingerprint density at radius 3 is 2.57 bits per heavy atom.